The van der Waals surface area contributed by atoms with E-state index in [4.69, 9.17) is 0 Å². The molecule has 3 heterocycles. The van der Waals surface area contributed by atoms with Crippen molar-refractivity contribution >= 4 is 11.6 Å². The number of aromatic nitrogens is 3. The molecule has 0 fully saturated rings. The van der Waals surface area contributed by atoms with E-state index in [-0.39, 0.29) is 5.91 Å². The van der Waals surface area contributed by atoms with Crippen molar-refractivity contribution in [3.05, 3.63) is 42.0 Å². The molecule has 6 nitrogen and oxygen atoms in total. The molecule has 2 aliphatic heterocycles. The Balaban J connectivity index is 1.28. The first-order valence-corrected chi connectivity index (χ1v) is 8.29. The van der Waals surface area contributed by atoms with E-state index in [9.17, 15) is 4.79 Å². The number of nitrogens with zero attached hydrogens (tertiary/aromatic N) is 4. The molecule has 0 radical (unpaired) electrons. The van der Waals surface area contributed by atoms with Gasteiger partial charge in [-0.25, -0.2) is 9.67 Å². The summed E-state index contributed by atoms with van der Waals surface area (Å²) in [4.78, 5) is 18.6. The summed E-state index contributed by atoms with van der Waals surface area (Å²) in [5.74, 6) is 1.27. The molecule has 0 spiro atoms. The SMILES string of the molecule is O=C(CCN[C@@H]1CCc2ncnn2C1)N1CCc2ccccc21. The lowest BCUT2D eigenvalue weighted by molar-refractivity contribution is -0.118. The first-order chi connectivity index (χ1) is 11.3. The van der Waals surface area contributed by atoms with Gasteiger partial charge in [0.15, 0.2) is 0 Å². The minimum atomic E-state index is 0.208. The monoisotopic (exact) mass is 311 g/mol. The zero-order chi connectivity index (χ0) is 15.6. The van der Waals surface area contributed by atoms with Gasteiger partial charge in [0.05, 0.1) is 6.54 Å². The van der Waals surface area contributed by atoms with E-state index in [2.05, 4.69) is 21.5 Å². The molecule has 1 atom stereocenters. The average Bonchev–Trinajstić information content (AvgIpc) is 3.21. The van der Waals surface area contributed by atoms with Gasteiger partial charge in [0.2, 0.25) is 5.91 Å². The summed E-state index contributed by atoms with van der Waals surface area (Å²) in [5.41, 5.74) is 2.36. The van der Waals surface area contributed by atoms with Crippen molar-refractivity contribution in [1.82, 2.24) is 20.1 Å². The molecular formula is C17H21N5O. The highest BCUT2D eigenvalue weighted by molar-refractivity contribution is 5.95. The van der Waals surface area contributed by atoms with Crippen LogP contribution in [0.5, 0.6) is 0 Å². The van der Waals surface area contributed by atoms with Crippen LogP contribution in [0.25, 0.3) is 0 Å². The first-order valence-electron chi connectivity index (χ1n) is 8.29. The molecule has 1 amide bonds. The van der Waals surface area contributed by atoms with E-state index < -0.39 is 0 Å². The van der Waals surface area contributed by atoms with Crippen LogP contribution in [0, 0.1) is 0 Å². The number of benzene rings is 1. The number of nitrogens with one attached hydrogen (secondary N) is 1. The maximum atomic E-state index is 12.5. The fraction of sp³-hybridized carbons (Fsp3) is 0.471. The molecule has 2 aliphatic rings. The van der Waals surface area contributed by atoms with Crippen LogP contribution in [0.3, 0.4) is 0 Å². The maximum absolute atomic E-state index is 12.5. The number of para-hydroxylation sites is 1. The molecule has 0 unspecified atom stereocenters. The number of carbonyl (C=O) groups is 1. The minimum Gasteiger partial charge on any atom is -0.312 e. The van der Waals surface area contributed by atoms with Crippen molar-refractivity contribution in [3.8, 4) is 0 Å². The Morgan fingerprint density at radius 2 is 2.22 bits per heavy atom. The summed E-state index contributed by atoms with van der Waals surface area (Å²) < 4.78 is 1.96. The molecule has 6 heteroatoms. The zero-order valence-electron chi connectivity index (χ0n) is 13.1. The highest BCUT2D eigenvalue weighted by atomic mass is 16.2. The Morgan fingerprint density at radius 3 is 3.17 bits per heavy atom. The third-order valence-electron chi connectivity index (χ3n) is 4.77. The Labute approximate surface area is 135 Å². The lowest BCUT2D eigenvalue weighted by atomic mass is 10.1. The van der Waals surface area contributed by atoms with Crippen molar-refractivity contribution in [2.45, 2.75) is 38.3 Å². The lowest BCUT2D eigenvalue weighted by Crippen LogP contribution is -2.40. The number of rotatable bonds is 4. The van der Waals surface area contributed by atoms with Gasteiger partial charge >= 0.3 is 0 Å². The molecule has 0 aliphatic carbocycles. The quantitative estimate of drug-likeness (QED) is 0.920. The number of amides is 1. The van der Waals surface area contributed by atoms with Gasteiger partial charge in [-0.15, -0.1) is 0 Å². The van der Waals surface area contributed by atoms with Crippen LogP contribution in [0.1, 0.15) is 24.2 Å². The van der Waals surface area contributed by atoms with E-state index in [1.54, 1.807) is 6.33 Å². The molecule has 120 valence electrons. The van der Waals surface area contributed by atoms with Crippen LogP contribution >= 0.6 is 0 Å². The second-order valence-corrected chi connectivity index (χ2v) is 6.22. The van der Waals surface area contributed by atoms with E-state index in [0.29, 0.717) is 19.0 Å². The predicted octanol–water partition coefficient (Wildman–Crippen LogP) is 1.16. The minimum absolute atomic E-state index is 0.208. The Hall–Kier alpha value is -2.21. The van der Waals surface area contributed by atoms with Gasteiger partial charge in [0.25, 0.3) is 0 Å². The van der Waals surface area contributed by atoms with Crippen molar-refractivity contribution < 1.29 is 4.79 Å². The summed E-state index contributed by atoms with van der Waals surface area (Å²) in [7, 11) is 0. The van der Waals surface area contributed by atoms with Gasteiger partial charge in [-0.1, -0.05) is 18.2 Å². The van der Waals surface area contributed by atoms with Crippen LogP contribution in [0.2, 0.25) is 0 Å². The van der Waals surface area contributed by atoms with Crippen LogP contribution in [0.15, 0.2) is 30.6 Å². The standard InChI is InChI=1S/C17H21N5O/c23-17(21-10-8-13-3-1-2-4-15(13)21)7-9-18-14-5-6-16-19-12-20-22(16)11-14/h1-4,12,14,18H,5-11H2/t14-/m1/s1. The maximum Gasteiger partial charge on any atom is 0.228 e. The molecule has 1 N–H and O–H groups in total. The highest BCUT2D eigenvalue weighted by Crippen LogP contribution is 2.27. The van der Waals surface area contributed by atoms with Crippen LogP contribution in [-0.4, -0.2) is 39.8 Å². The second kappa shape index (κ2) is 6.12. The molecule has 2 aromatic rings. The molecule has 0 saturated carbocycles. The number of carbonyl (C=O) groups excluding carboxylic acids is 1. The van der Waals surface area contributed by atoms with Gasteiger partial charge in [-0.05, 0) is 24.5 Å². The number of anilines is 1. The lowest BCUT2D eigenvalue weighted by Gasteiger charge is -2.24. The van der Waals surface area contributed by atoms with Crippen molar-refractivity contribution in [2.75, 3.05) is 18.0 Å². The number of hydrogen-bond donors (Lipinski definition) is 1. The van der Waals surface area contributed by atoms with E-state index in [0.717, 1.165) is 43.9 Å². The fourth-order valence-corrected chi connectivity index (χ4v) is 3.52. The van der Waals surface area contributed by atoms with Gasteiger partial charge < -0.3 is 10.2 Å². The molecule has 4 rings (SSSR count). The van der Waals surface area contributed by atoms with Crippen molar-refractivity contribution in [1.29, 1.82) is 0 Å². The van der Waals surface area contributed by atoms with Crippen LogP contribution in [0.4, 0.5) is 5.69 Å². The molecule has 0 saturated heterocycles. The highest BCUT2D eigenvalue weighted by Gasteiger charge is 2.24. The number of aryl methyl sites for hydroxylation is 1. The summed E-state index contributed by atoms with van der Waals surface area (Å²) in [5, 5.41) is 7.72. The topological polar surface area (TPSA) is 63.1 Å². The van der Waals surface area contributed by atoms with Crippen LogP contribution < -0.4 is 10.2 Å². The molecule has 1 aromatic heterocycles. The number of hydrogen-bond acceptors (Lipinski definition) is 4. The predicted molar refractivity (Wildman–Crippen MR) is 87.2 cm³/mol. The zero-order valence-corrected chi connectivity index (χ0v) is 13.1. The van der Waals surface area contributed by atoms with Gasteiger partial charge in [-0.3, -0.25) is 4.79 Å². The summed E-state index contributed by atoms with van der Waals surface area (Å²) in [6.07, 6.45) is 5.12. The largest absolute Gasteiger partial charge is 0.312 e. The Kier molecular flexibility index (Phi) is 3.83. The second-order valence-electron chi connectivity index (χ2n) is 6.22. The van der Waals surface area contributed by atoms with Gasteiger partial charge in [0.1, 0.15) is 12.2 Å². The Bertz CT molecular complexity index is 711. The molecule has 0 bridgehead atoms. The van der Waals surface area contributed by atoms with E-state index in [1.807, 2.05) is 27.8 Å². The fourth-order valence-electron chi connectivity index (χ4n) is 3.52. The van der Waals surface area contributed by atoms with Crippen LogP contribution in [-0.2, 0) is 24.2 Å². The summed E-state index contributed by atoms with van der Waals surface area (Å²) >= 11 is 0. The summed E-state index contributed by atoms with van der Waals surface area (Å²) in [6.45, 7) is 2.37. The average molecular weight is 311 g/mol. The van der Waals surface area contributed by atoms with Crippen molar-refractivity contribution in [2.24, 2.45) is 0 Å². The Morgan fingerprint density at radius 1 is 1.30 bits per heavy atom. The third-order valence-corrected chi connectivity index (χ3v) is 4.77. The first kappa shape index (κ1) is 14.4. The van der Waals surface area contributed by atoms with Crippen molar-refractivity contribution in [3.63, 3.8) is 0 Å². The molecule has 1 aromatic carbocycles. The smallest absolute Gasteiger partial charge is 0.228 e. The van der Waals surface area contributed by atoms with Gasteiger partial charge in [-0.2, -0.15) is 5.10 Å². The van der Waals surface area contributed by atoms with Gasteiger partial charge in [0, 0.05) is 37.7 Å². The van der Waals surface area contributed by atoms with E-state index in [1.165, 1.54) is 5.56 Å². The molecular weight excluding hydrogens is 290 g/mol. The summed E-state index contributed by atoms with van der Waals surface area (Å²) in [6, 6.07) is 8.57. The normalized spacial score (nSPS) is 19.5. The number of fused-ring (bicyclic) bond motifs is 2. The molecule has 23 heavy (non-hydrogen) atoms. The van der Waals surface area contributed by atoms with E-state index >= 15 is 0 Å². The third kappa shape index (κ3) is 2.86.